The van der Waals surface area contributed by atoms with E-state index in [2.05, 4.69) is 20.2 Å². The van der Waals surface area contributed by atoms with Gasteiger partial charge in [0.2, 0.25) is 0 Å². The number of hydrogen-bond donors (Lipinski definition) is 2. The highest BCUT2D eigenvalue weighted by molar-refractivity contribution is 5.31. The lowest BCUT2D eigenvalue weighted by molar-refractivity contribution is -0.0499. The van der Waals surface area contributed by atoms with Crippen molar-refractivity contribution in [3.63, 3.8) is 0 Å². The van der Waals surface area contributed by atoms with Crippen LogP contribution in [0.2, 0.25) is 0 Å². The molecule has 8 heteroatoms. The van der Waals surface area contributed by atoms with Crippen molar-refractivity contribution >= 4 is 0 Å². The number of hydrogen-bond acceptors (Lipinski definition) is 5. The molecule has 0 aliphatic rings. The first kappa shape index (κ1) is 14.4. The van der Waals surface area contributed by atoms with E-state index in [1.807, 2.05) is 0 Å². The molecule has 1 aromatic heterocycles. The van der Waals surface area contributed by atoms with Crippen molar-refractivity contribution in [1.82, 2.24) is 20.2 Å². The van der Waals surface area contributed by atoms with Gasteiger partial charge in [-0.15, -0.1) is 0 Å². The average Bonchev–Trinajstić information content (AvgIpc) is 2.81. The summed E-state index contributed by atoms with van der Waals surface area (Å²) in [5.41, 5.74) is 3.37. The van der Waals surface area contributed by atoms with Gasteiger partial charge in [-0.1, -0.05) is 12.1 Å². The predicted octanol–water partition coefficient (Wildman–Crippen LogP) is 1.16. The second kappa shape index (κ2) is 6.40. The number of aromatic nitrogens is 3. The van der Waals surface area contributed by atoms with Gasteiger partial charge in [-0.3, -0.25) is 16.0 Å². The maximum absolute atomic E-state index is 12.2. The summed E-state index contributed by atoms with van der Waals surface area (Å²) in [5, 5.41) is 3.97. The Morgan fingerprint density at radius 2 is 2.25 bits per heavy atom. The van der Waals surface area contributed by atoms with E-state index in [9.17, 15) is 8.78 Å². The smallest absolute Gasteiger partial charge is 0.387 e. The molecule has 3 N–H and O–H groups in total. The van der Waals surface area contributed by atoms with E-state index in [1.54, 1.807) is 23.9 Å². The van der Waals surface area contributed by atoms with Crippen LogP contribution in [0.15, 0.2) is 30.6 Å². The van der Waals surface area contributed by atoms with Crippen molar-refractivity contribution in [2.45, 2.75) is 19.1 Å². The fourth-order valence-electron chi connectivity index (χ4n) is 1.87. The summed E-state index contributed by atoms with van der Waals surface area (Å²) in [7, 11) is 1.77. The topological polar surface area (TPSA) is 78.0 Å². The normalized spacial score (nSPS) is 12.7. The number of nitrogens with two attached hydrogens (primary N) is 1. The van der Waals surface area contributed by atoms with Crippen LogP contribution in [0.3, 0.4) is 0 Å². The Morgan fingerprint density at radius 3 is 2.85 bits per heavy atom. The molecule has 0 aliphatic heterocycles. The van der Waals surface area contributed by atoms with E-state index in [0.717, 1.165) is 11.4 Å². The lowest BCUT2D eigenvalue weighted by atomic mass is 10.0. The summed E-state index contributed by atoms with van der Waals surface area (Å²) in [4.78, 5) is 4.10. The molecule has 0 amide bonds. The van der Waals surface area contributed by atoms with Crippen LogP contribution in [0.5, 0.6) is 5.75 Å². The quantitative estimate of drug-likeness (QED) is 0.614. The first-order valence-corrected chi connectivity index (χ1v) is 5.94. The number of benzene rings is 1. The van der Waals surface area contributed by atoms with Gasteiger partial charge in [0.1, 0.15) is 17.9 Å². The summed E-state index contributed by atoms with van der Waals surface area (Å²) in [6.45, 7) is -2.85. The molecule has 0 saturated heterocycles. The molecule has 0 aliphatic carbocycles. The Bertz CT molecular complexity index is 560. The molecule has 0 spiro atoms. The van der Waals surface area contributed by atoms with Crippen LogP contribution in [0, 0.1) is 0 Å². The van der Waals surface area contributed by atoms with Gasteiger partial charge >= 0.3 is 6.61 Å². The minimum absolute atomic E-state index is 0.0933. The molecule has 1 aromatic carbocycles. The first-order chi connectivity index (χ1) is 9.60. The van der Waals surface area contributed by atoms with Crippen LogP contribution < -0.4 is 16.0 Å². The second-order valence-corrected chi connectivity index (χ2v) is 4.17. The number of rotatable bonds is 6. The zero-order chi connectivity index (χ0) is 14.5. The summed E-state index contributed by atoms with van der Waals surface area (Å²) >= 11 is 0. The molecule has 2 aromatic rings. The number of alkyl halides is 2. The Hall–Kier alpha value is -2.06. The van der Waals surface area contributed by atoms with Crippen LogP contribution in [-0.4, -0.2) is 21.4 Å². The van der Waals surface area contributed by atoms with E-state index in [0.29, 0.717) is 6.42 Å². The predicted molar refractivity (Wildman–Crippen MR) is 67.8 cm³/mol. The molecule has 1 unspecified atom stereocenters. The van der Waals surface area contributed by atoms with Crippen molar-refractivity contribution in [2.24, 2.45) is 12.9 Å². The number of aryl methyl sites for hydroxylation is 1. The van der Waals surface area contributed by atoms with E-state index in [-0.39, 0.29) is 11.8 Å². The summed E-state index contributed by atoms with van der Waals surface area (Å²) in [6, 6.07) is 6.12. The number of hydrazine groups is 1. The van der Waals surface area contributed by atoms with E-state index >= 15 is 0 Å². The zero-order valence-electron chi connectivity index (χ0n) is 10.8. The Labute approximate surface area is 114 Å². The standard InChI is InChI=1S/C12H15F2N5O/c1-19-11(16-7-17-19)6-10(18-15)8-3-2-4-9(5-8)20-12(13)14/h2-5,7,10,12,18H,6,15H2,1H3. The molecular weight excluding hydrogens is 268 g/mol. The molecule has 1 atom stereocenters. The highest BCUT2D eigenvalue weighted by Gasteiger charge is 2.15. The van der Waals surface area contributed by atoms with Gasteiger partial charge in [0.25, 0.3) is 0 Å². The van der Waals surface area contributed by atoms with Crippen molar-refractivity contribution in [3.8, 4) is 5.75 Å². The molecule has 2 rings (SSSR count). The largest absolute Gasteiger partial charge is 0.435 e. The minimum atomic E-state index is -2.85. The van der Waals surface area contributed by atoms with Gasteiger partial charge in [-0.2, -0.15) is 13.9 Å². The highest BCUT2D eigenvalue weighted by Crippen LogP contribution is 2.22. The van der Waals surface area contributed by atoms with Crippen LogP contribution in [-0.2, 0) is 13.5 Å². The molecule has 1 heterocycles. The lowest BCUT2D eigenvalue weighted by Gasteiger charge is -2.16. The second-order valence-electron chi connectivity index (χ2n) is 4.17. The van der Waals surface area contributed by atoms with E-state index in [1.165, 1.54) is 18.5 Å². The third kappa shape index (κ3) is 3.49. The molecule has 108 valence electrons. The van der Waals surface area contributed by atoms with Crippen LogP contribution >= 0.6 is 0 Å². The monoisotopic (exact) mass is 283 g/mol. The van der Waals surface area contributed by atoms with Crippen molar-refractivity contribution in [1.29, 1.82) is 0 Å². The van der Waals surface area contributed by atoms with Crippen molar-refractivity contribution < 1.29 is 13.5 Å². The van der Waals surface area contributed by atoms with Crippen LogP contribution in [0.25, 0.3) is 0 Å². The van der Waals surface area contributed by atoms with E-state index in [4.69, 9.17) is 5.84 Å². The Kier molecular flexibility index (Phi) is 4.59. The molecular formula is C12H15F2N5O. The fourth-order valence-corrected chi connectivity index (χ4v) is 1.87. The van der Waals surface area contributed by atoms with Crippen LogP contribution in [0.1, 0.15) is 17.4 Å². The minimum Gasteiger partial charge on any atom is -0.435 e. The fraction of sp³-hybridized carbons (Fsp3) is 0.333. The average molecular weight is 283 g/mol. The van der Waals surface area contributed by atoms with Gasteiger partial charge in [0.15, 0.2) is 0 Å². The summed E-state index contributed by atoms with van der Waals surface area (Å²) in [5.74, 6) is 6.35. The van der Waals surface area contributed by atoms with Gasteiger partial charge in [0.05, 0.1) is 6.04 Å². The summed E-state index contributed by atoms with van der Waals surface area (Å²) in [6.07, 6.45) is 1.92. The Balaban J connectivity index is 2.17. The lowest BCUT2D eigenvalue weighted by Crippen LogP contribution is -2.30. The molecule has 20 heavy (non-hydrogen) atoms. The molecule has 0 fully saturated rings. The number of nitrogens with one attached hydrogen (secondary N) is 1. The molecule has 0 bridgehead atoms. The van der Waals surface area contributed by atoms with Crippen molar-refractivity contribution in [3.05, 3.63) is 42.0 Å². The summed E-state index contributed by atoms with van der Waals surface area (Å²) < 4.78 is 30.4. The van der Waals surface area contributed by atoms with E-state index < -0.39 is 6.61 Å². The van der Waals surface area contributed by atoms with Gasteiger partial charge in [-0.05, 0) is 17.7 Å². The third-order valence-corrected chi connectivity index (χ3v) is 2.88. The van der Waals surface area contributed by atoms with Gasteiger partial charge in [0, 0.05) is 13.5 Å². The van der Waals surface area contributed by atoms with Gasteiger partial charge < -0.3 is 4.74 Å². The molecule has 6 nitrogen and oxygen atoms in total. The zero-order valence-corrected chi connectivity index (χ0v) is 10.8. The number of halogens is 2. The number of ether oxygens (including phenoxy) is 1. The maximum atomic E-state index is 12.2. The number of nitrogens with zero attached hydrogens (tertiary/aromatic N) is 3. The van der Waals surface area contributed by atoms with Gasteiger partial charge in [-0.25, -0.2) is 4.98 Å². The molecule has 0 saturated carbocycles. The highest BCUT2D eigenvalue weighted by atomic mass is 19.3. The maximum Gasteiger partial charge on any atom is 0.387 e. The van der Waals surface area contributed by atoms with Crippen LogP contribution in [0.4, 0.5) is 8.78 Å². The Morgan fingerprint density at radius 1 is 1.45 bits per heavy atom. The third-order valence-electron chi connectivity index (χ3n) is 2.88. The van der Waals surface area contributed by atoms with Crippen molar-refractivity contribution in [2.75, 3.05) is 0 Å². The first-order valence-electron chi connectivity index (χ1n) is 5.94. The molecule has 0 radical (unpaired) electrons. The SMILES string of the molecule is Cn1ncnc1CC(NN)c1cccc(OC(F)F)c1.